The summed E-state index contributed by atoms with van der Waals surface area (Å²) in [6.45, 7) is 6.24. The number of aromatic nitrogens is 2. The molecule has 6 nitrogen and oxygen atoms in total. The van der Waals surface area contributed by atoms with Crippen molar-refractivity contribution >= 4 is 34.1 Å². The van der Waals surface area contributed by atoms with Crippen molar-refractivity contribution in [3.63, 3.8) is 0 Å². The first kappa shape index (κ1) is 19.1. The van der Waals surface area contributed by atoms with Gasteiger partial charge in [0.25, 0.3) is 0 Å². The fourth-order valence-electron chi connectivity index (χ4n) is 3.48. The maximum Gasteiger partial charge on any atom is 0.337 e. The average Bonchev–Trinajstić information content (AvgIpc) is 3.10. The molecule has 0 amide bonds. The Hall–Kier alpha value is -3.28. The molecule has 1 aromatic heterocycles. The van der Waals surface area contributed by atoms with Crippen LogP contribution in [0.3, 0.4) is 0 Å². The zero-order valence-corrected chi connectivity index (χ0v) is 17.4. The largest absolute Gasteiger partial charge is 0.465 e. The lowest BCUT2D eigenvalue weighted by Crippen LogP contribution is -2.28. The van der Waals surface area contributed by atoms with Crippen LogP contribution in [0.5, 0.6) is 0 Å². The van der Waals surface area contributed by atoms with Gasteiger partial charge in [-0.1, -0.05) is 6.08 Å². The number of aliphatic imine (C=N–C) groups is 1. The van der Waals surface area contributed by atoms with Gasteiger partial charge in [-0.05, 0) is 56.7 Å². The lowest BCUT2D eigenvalue weighted by molar-refractivity contribution is 0.0601. The number of carbonyl (C=O) groups excluding carboxylic acids is 1. The molecule has 29 heavy (non-hydrogen) atoms. The van der Waals surface area contributed by atoms with Crippen molar-refractivity contribution in [1.82, 2.24) is 9.97 Å². The summed E-state index contributed by atoms with van der Waals surface area (Å²) < 4.78 is 4.84. The number of ether oxygens (including phenoxy) is 1. The number of nitrogens with zero attached hydrogens (tertiary/aromatic N) is 4. The van der Waals surface area contributed by atoms with E-state index in [0.717, 1.165) is 46.0 Å². The van der Waals surface area contributed by atoms with E-state index >= 15 is 0 Å². The Balaban J connectivity index is 1.87. The molecule has 0 fully saturated rings. The van der Waals surface area contributed by atoms with E-state index in [9.17, 15) is 4.79 Å². The number of benzene rings is 1. The van der Waals surface area contributed by atoms with Crippen LogP contribution in [0, 0.1) is 0 Å². The molecule has 6 heteroatoms. The molecule has 0 N–H and O–H groups in total. The van der Waals surface area contributed by atoms with E-state index in [1.165, 1.54) is 7.11 Å². The fraction of sp³-hybridized carbons (Fsp3) is 0.304. The number of hydrogen-bond acceptors (Lipinski definition) is 6. The van der Waals surface area contributed by atoms with Crippen molar-refractivity contribution in [3.8, 4) is 0 Å². The second-order valence-corrected chi connectivity index (χ2v) is 7.60. The van der Waals surface area contributed by atoms with Crippen molar-refractivity contribution in [2.24, 2.45) is 4.99 Å². The van der Waals surface area contributed by atoms with Gasteiger partial charge in [-0.3, -0.25) is 4.99 Å². The van der Waals surface area contributed by atoms with Gasteiger partial charge in [0.1, 0.15) is 5.69 Å². The zero-order chi connectivity index (χ0) is 20.7. The van der Waals surface area contributed by atoms with Crippen molar-refractivity contribution in [1.29, 1.82) is 0 Å². The molecular weight excluding hydrogens is 364 g/mol. The molecule has 4 rings (SSSR count). The number of rotatable bonds is 4. The highest BCUT2D eigenvalue weighted by Crippen LogP contribution is 2.33. The Morgan fingerprint density at radius 3 is 2.66 bits per heavy atom. The van der Waals surface area contributed by atoms with E-state index in [4.69, 9.17) is 14.7 Å². The standard InChI is InChI=1S/C23H24N4O2/c1-13(2)27(4)22-21(15-6-8-18-17(11-15)10-14(3)24-18)25-19-9-7-16(23(28)29-5)12-20(19)26-22/h6-7,9-13H,8H2,1-5H3. The van der Waals surface area contributed by atoms with Gasteiger partial charge in [-0.15, -0.1) is 0 Å². The number of esters is 1. The van der Waals surface area contributed by atoms with Crippen molar-refractivity contribution in [3.05, 3.63) is 59.0 Å². The molecule has 2 aliphatic rings. The van der Waals surface area contributed by atoms with Crippen molar-refractivity contribution in [2.75, 3.05) is 19.1 Å². The number of methoxy groups -OCH3 is 1. The van der Waals surface area contributed by atoms with E-state index in [1.807, 2.05) is 20.0 Å². The van der Waals surface area contributed by atoms with Gasteiger partial charge in [-0.2, -0.15) is 0 Å². The third-order valence-corrected chi connectivity index (χ3v) is 5.28. The first-order chi connectivity index (χ1) is 13.9. The van der Waals surface area contributed by atoms with Gasteiger partial charge < -0.3 is 9.64 Å². The van der Waals surface area contributed by atoms with Crippen LogP contribution in [0.25, 0.3) is 16.6 Å². The van der Waals surface area contributed by atoms with E-state index in [0.29, 0.717) is 11.1 Å². The van der Waals surface area contributed by atoms with Gasteiger partial charge in [0.05, 0.1) is 29.4 Å². The molecule has 1 aromatic carbocycles. The third kappa shape index (κ3) is 3.46. The maximum atomic E-state index is 11.9. The summed E-state index contributed by atoms with van der Waals surface area (Å²) in [6.07, 6.45) is 7.17. The summed E-state index contributed by atoms with van der Waals surface area (Å²) in [6, 6.07) is 5.52. The lowest BCUT2D eigenvalue weighted by Gasteiger charge is -2.26. The minimum absolute atomic E-state index is 0.242. The molecule has 0 saturated carbocycles. The number of hydrogen-bond donors (Lipinski definition) is 0. The van der Waals surface area contributed by atoms with Crippen molar-refractivity contribution < 1.29 is 9.53 Å². The van der Waals surface area contributed by atoms with E-state index in [1.54, 1.807) is 12.1 Å². The van der Waals surface area contributed by atoms with E-state index in [-0.39, 0.29) is 12.0 Å². The number of anilines is 1. The Labute approximate surface area is 170 Å². The molecule has 0 saturated heterocycles. The van der Waals surface area contributed by atoms with Crippen molar-refractivity contribution in [2.45, 2.75) is 33.2 Å². The van der Waals surface area contributed by atoms with Gasteiger partial charge in [0, 0.05) is 30.8 Å². The second kappa shape index (κ2) is 7.28. The minimum atomic E-state index is -0.383. The lowest BCUT2D eigenvalue weighted by atomic mass is 9.96. The molecular formula is C23H24N4O2. The highest BCUT2D eigenvalue weighted by molar-refractivity contribution is 6.10. The van der Waals surface area contributed by atoms with Gasteiger partial charge in [0.15, 0.2) is 5.82 Å². The Morgan fingerprint density at radius 2 is 1.93 bits per heavy atom. The molecule has 0 bridgehead atoms. The van der Waals surface area contributed by atoms with Crippen LogP contribution < -0.4 is 4.90 Å². The van der Waals surface area contributed by atoms with Crippen LogP contribution >= 0.6 is 0 Å². The van der Waals surface area contributed by atoms with E-state index < -0.39 is 0 Å². The average molecular weight is 388 g/mol. The first-order valence-electron chi connectivity index (χ1n) is 9.69. The van der Waals surface area contributed by atoms with Crippen LogP contribution in [0.4, 0.5) is 5.82 Å². The number of fused-ring (bicyclic) bond motifs is 2. The SMILES string of the molecule is COC(=O)c1ccc2nc(C3=CCC4=NC(C)=CC4=C3)c(N(C)C(C)C)nc2c1. The Morgan fingerprint density at radius 1 is 1.14 bits per heavy atom. The Bertz CT molecular complexity index is 1140. The first-order valence-corrected chi connectivity index (χ1v) is 9.69. The van der Waals surface area contributed by atoms with Crippen LogP contribution in [0.15, 0.2) is 52.7 Å². The normalized spacial score (nSPS) is 15.5. The van der Waals surface area contributed by atoms with Gasteiger partial charge in [-0.25, -0.2) is 14.8 Å². The topological polar surface area (TPSA) is 67.7 Å². The predicted octanol–water partition coefficient (Wildman–Crippen LogP) is 4.33. The monoisotopic (exact) mass is 388 g/mol. The fourth-order valence-corrected chi connectivity index (χ4v) is 3.48. The molecule has 0 spiro atoms. The van der Waals surface area contributed by atoms with Crippen LogP contribution in [-0.4, -0.2) is 41.8 Å². The molecule has 2 aromatic rings. The van der Waals surface area contributed by atoms with Gasteiger partial charge >= 0.3 is 5.97 Å². The molecule has 0 radical (unpaired) electrons. The highest BCUT2D eigenvalue weighted by atomic mass is 16.5. The minimum Gasteiger partial charge on any atom is -0.465 e. The van der Waals surface area contributed by atoms with Crippen LogP contribution in [-0.2, 0) is 4.74 Å². The predicted molar refractivity (Wildman–Crippen MR) is 116 cm³/mol. The maximum absolute atomic E-state index is 11.9. The smallest absolute Gasteiger partial charge is 0.337 e. The summed E-state index contributed by atoms with van der Waals surface area (Å²) in [7, 11) is 3.39. The van der Waals surface area contributed by atoms with Crippen LogP contribution in [0.2, 0.25) is 0 Å². The number of allylic oxidation sites excluding steroid dienone is 6. The summed E-state index contributed by atoms with van der Waals surface area (Å²) in [4.78, 5) is 28.4. The van der Waals surface area contributed by atoms with Crippen LogP contribution in [0.1, 0.15) is 43.2 Å². The summed E-state index contributed by atoms with van der Waals surface area (Å²) >= 11 is 0. The second-order valence-electron chi connectivity index (χ2n) is 7.60. The summed E-state index contributed by atoms with van der Waals surface area (Å²) in [5, 5.41) is 0. The van der Waals surface area contributed by atoms with E-state index in [2.05, 4.69) is 42.0 Å². The summed E-state index contributed by atoms with van der Waals surface area (Å²) in [5.74, 6) is 0.406. The quantitative estimate of drug-likeness (QED) is 0.729. The molecule has 0 atom stereocenters. The highest BCUT2D eigenvalue weighted by Gasteiger charge is 2.22. The zero-order valence-electron chi connectivity index (χ0n) is 17.4. The molecule has 1 aliphatic heterocycles. The van der Waals surface area contributed by atoms with Gasteiger partial charge in [0.2, 0.25) is 0 Å². The molecule has 148 valence electrons. The molecule has 1 aliphatic carbocycles. The molecule has 0 unspecified atom stereocenters. The Kier molecular flexibility index (Phi) is 4.78. The summed E-state index contributed by atoms with van der Waals surface area (Å²) in [5.41, 5.74) is 7.02. The third-order valence-electron chi connectivity index (χ3n) is 5.28. The molecule has 2 heterocycles. The number of carbonyl (C=O) groups is 1.